The molecule has 1 radical (unpaired) electrons. The number of aryl methyl sites for hydroxylation is 1. The van der Waals surface area contributed by atoms with Crippen molar-refractivity contribution < 1.29 is 4.74 Å². The summed E-state index contributed by atoms with van der Waals surface area (Å²) >= 11 is 0. The SMILES string of the molecule is [CH2]c1ccc(Oc2ccccc2)nc1C. The van der Waals surface area contributed by atoms with Crippen LogP contribution in [0.2, 0.25) is 0 Å². The van der Waals surface area contributed by atoms with Crippen molar-refractivity contribution in [3.05, 3.63) is 60.6 Å². The summed E-state index contributed by atoms with van der Waals surface area (Å²) in [4.78, 5) is 4.28. The van der Waals surface area contributed by atoms with Crippen molar-refractivity contribution in [2.45, 2.75) is 6.92 Å². The number of hydrogen-bond donors (Lipinski definition) is 0. The van der Waals surface area contributed by atoms with Crippen LogP contribution in [0.25, 0.3) is 0 Å². The van der Waals surface area contributed by atoms with Crippen LogP contribution in [0.5, 0.6) is 11.6 Å². The molecule has 1 aromatic carbocycles. The summed E-state index contributed by atoms with van der Waals surface area (Å²) in [5.74, 6) is 1.40. The molecule has 2 rings (SSSR count). The Balaban J connectivity index is 2.22. The van der Waals surface area contributed by atoms with Crippen molar-refractivity contribution in [1.82, 2.24) is 4.98 Å². The normalized spacial score (nSPS) is 10.0. The van der Waals surface area contributed by atoms with Gasteiger partial charge in [-0.3, -0.25) is 0 Å². The maximum atomic E-state index is 5.58. The molecule has 0 bridgehead atoms. The number of aromatic nitrogens is 1. The van der Waals surface area contributed by atoms with E-state index in [4.69, 9.17) is 4.74 Å². The minimum absolute atomic E-state index is 0.603. The molecule has 0 spiro atoms. The largest absolute Gasteiger partial charge is 0.439 e. The van der Waals surface area contributed by atoms with Crippen molar-refractivity contribution in [2.75, 3.05) is 0 Å². The molecule has 75 valence electrons. The van der Waals surface area contributed by atoms with Crippen LogP contribution in [0, 0.1) is 13.8 Å². The van der Waals surface area contributed by atoms with Crippen LogP contribution in [0.1, 0.15) is 11.3 Å². The second-order valence-electron chi connectivity index (χ2n) is 3.31. The smallest absolute Gasteiger partial charge is 0.219 e. The Labute approximate surface area is 89.6 Å². The average Bonchev–Trinajstić information content (AvgIpc) is 2.25. The molecule has 2 heteroatoms. The molecule has 0 unspecified atom stereocenters. The van der Waals surface area contributed by atoms with E-state index in [1.807, 2.05) is 49.4 Å². The standard InChI is InChI=1S/C13H12NO/c1-10-8-9-13(14-11(10)2)15-12-6-4-3-5-7-12/h3-9H,1H2,2H3. The van der Waals surface area contributed by atoms with Crippen LogP contribution in [0.4, 0.5) is 0 Å². The quantitative estimate of drug-likeness (QED) is 0.738. The van der Waals surface area contributed by atoms with Gasteiger partial charge in [0, 0.05) is 11.8 Å². The minimum atomic E-state index is 0.603. The second-order valence-corrected chi connectivity index (χ2v) is 3.31. The van der Waals surface area contributed by atoms with Gasteiger partial charge in [-0.1, -0.05) is 24.3 Å². The molecule has 0 saturated carbocycles. The lowest BCUT2D eigenvalue weighted by Gasteiger charge is -2.06. The summed E-state index contributed by atoms with van der Waals surface area (Å²) in [5, 5.41) is 0. The third-order valence-corrected chi connectivity index (χ3v) is 2.14. The zero-order chi connectivity index (χ0) is 10.7. The van der Waals surface area contributed by atoms with Crippen LogP contribution < -0.4 is 4.74 Å². The topological polar surface area (TPSA) is 22.1 Å². The predicted octanol–water partition coefficient (Wildman–Crippen LogP) is 3.36. The summed E-state index contributed by atoms with van der Waals surface area (Å²) in [6, 6.07) is 13.3. The van der Waals surface area contributed by atoms with Gasteiger partial charge in [0.25, 0.3) is 0 Å². The molecule has 1 heterocycles. The highest BCUT2D eigenvalue weighted by atomic mass is 16.5. The molecule has 2 nitrogen and oxygen atoms in total. The minimum Gasteiger partial charge on any atom is -0.439 e. The summed E-state index contributed by atoms with van der Waals surface area (Å²) < 4.78 is 5.58. The van der Waals surface area contributed by atoms with E-state index in [2.05, 4.69) is 11.9 Å². The van der Waals surface area contributed by atoms with Gasteiger partial charge < -0.3 is 4.74 Å². The fourth-order valence-electron chi connectivity index (χ4n) is 1.23. The lowest BCUT2D eigenvalue weighted by atomic mass is 10.2. The first-order valence-electron chi connectivity index (χ1n) is 4.78. The van der Waals surface area contributed by atoms with E-state index in [1.54, 1.807) is 0 Å². The number of hydrogen-bond acceptors (Lipinski definition) is 2. The van der Waals surface area contributed by atoms with Crippen LogP contribution in [-0.2, 0) is 0 Å². The molecule has 0 aliphatic rings. The van der Waals surface area contributed by atoms with Gasteiger partial charge in [-0.2, -0.15) is 0 Å². The summed E-state index contributed by atoms with van der Waals surface area (Å²) in [6.07, 6.45) is 0. The zero-order valence-electron chi connectivity index (χ0n) is 8.60. The number of rotatable bonds is 2. The van der Waals surface area contributed by atoms with Crippen LogP contribution in [-0.4, -0.2) is 4.98 Å². The molecule has 2 aromatic rings. The van der Waals surface area contributed by atoms with E-state index in [0.717, 1.165) is 17.0 Å². The first kappa shape index (κ1) is 9.71. The molecule has 0 aliphatic heterocycles. The van der Waals surface area contributed by atoms with Gasteiger partial charge in [-0.05, 0) is 31.5 Å². The Kier molecular flexibility index (Phi) is 2.68. The summed E-state index contributed by atoms with van der Waals surface area (Å²) in [7, 11) is 0. The van der Waals surface area contributed by atoms with Gasteiger partial charge in [-0.15, -0.1) is 0 Å². The molecular weight excluding hydrogens is 186 g/mol. The van der Waals surface area contributed by atoms with Crippen molar-refractivity contribution in [2.24, 2.45) is 0 Å². The van der Waals surface area contributed by atoms with E-state index in [1.165, 1.54) is 0 Å². The molecule has 0 atom stereocenters. The molecule has 0 N–H and O–H groups in total. The van der Waals surface area contributed by atoms with E-state index < -0.39 is 0 Å². The van der Waals surface area contributed by atoms with Crippen LogP contribution in [0.15, 0.2) is 42.5 Å². The number of para-hydroxylation sites is 1. The number of nitrogens with zero attached hydrogens (tertiary/aromatic N) is 1. The fourth-order valence-corrected chi connectivity index (χ4v) is 1.23. The highest BCUT2D eigenvalue weighted by Crippen LogP contribution is 2.19. The molecule has 0 amide bonds. The first-order chi connectivity index (χ1) is 7.25. The van der Waals surface area contributed by atoms with Gasteiger partial charge in [0.1, 0.15) is 5.75 Å². The molecule has 15 heavy (non-hydrogen) atoms. The highest BCUT2D eigenvalue weighted by molar-refractivity contribution is 5.31. The zero-order valence-corrected chi connectivity index (χ0v) is 8.60. The van der Waals surface area contributed by atoms with E-state index in [-0.39, 0.29) is 0 Å². The van der Waals surface area contributed by atoms with Crippen LogP contribution >= 0.6 is 0 Å². The maximum Gasteiger partial charge on any atom is 0.219 e. The Bertz CT molecular complexity index is 451. The number of pyridine rings is 1. The van der Waals surface area contributed by atoms with Crippen molar-refractivity contribution in [3.63, 3.8) is 0 Å². The third kappa shape index (κ3) is 2.34. The lowest BCUT2D eigenvalue weighted by Crippen LogP contribution is -1.91. The third-order valence-electron chi connectivity index (χ3n) is 2.14. The Morgan fingerprint density at radius 1 is 1.07 bits per heavy atom. The maximum absolute atomic E-state index is 5.58. The van der Waals surface area contributed by atoms with Gasteiger partial charge >= 0.3 is 0 Å². The number of ether oxygens (including phenoxy) is 1. The Morgan fingerprint density at radius 2 is 1.80 bits per heavy atom. The van der Waals surface area contributed by atoms with Crippen molar-refractivity contribution >= 4 is 0 Å². The summed E-state index contributed by atoms with van der Waals surface area (Å²) in [6.45, 7) is 5.77. The Morgan fingerprint density at radius 3 is 2.47 bits per heavy atom. The highest BCUT2D eigenvalue weighted by Gasteiger charge is 1.99. The predicted molar refractivity (Wildman–Crippen MR) is 59.9 cm³/mol. The molecule has 0 aliphatic carbocycles. The molecule has 0 saturated heterocycles. The van der Waals surface area contributed by atoms with Gasteiger partial charge in [0.15, 0.2) is 0 Å². The van der Waals surface area contributed by atoms with Crippen molar-refractivity contribution in [3.8, 4) is 11.6 Å². The molecule has 1 aromatic heterocycles. The summed E-state index contributed by atoms with van der Waals surface area (Å²) in [5.41, 5.74) is 1.82. The van der Waals surface area contributed by atoms with Gasteiger partial charge in [-0.25, -0.2) is 4.98 Å². The van der Waals surface area contributed by atoms with Crippen LogP contribution in [0.3, 0.4) is 0 Å². The molecule has 0 fully saturated rings. The second kappa shape index (κ2) is 4.13. The average molecular weight is 198 g/mol. The molecular formula is C13H12NO. The fraction of sp³-hybridized carbons (Fsp3) is 0.0769. The monoisotopic (exact) mass is 198 g/mol. The van der Waals surface area contributed by atoms with E-state index in [0.29, 0.717) is 5.88 Å². The van der Waals surface area contributed by atoms with Crippen molar-refractivity contribution in [1.29, 1.82) is 0 Å². The van der Waals surface area contributed by atoms with E-state index in [9.17, 15) is 0 Å². The first-order valence-corrected chi connectivity index (χ1v) is 4.78. The van der Waals surface area contributed by atoms with E-state index >= 15 is 0 Å². The van der Waals surface area contributed by atoms with Gasteiger partial charge in [0.05, 0.1) is 0 Å². The lowest BCUT2D eigenvalue weighted by molar-refractivity contribution is 0.461. The number of benzene rings is 1. The Hall–Kier alpha value is -1.83. The van der Waals surface area contributed by atoms with Gasteiger partial charge in [0.2, 0.25) is 5.88 Å².